The Morgan fingerprint density at radius 1 is 0.197 bits per heavy atom. The predicted molar refractivity (Wildman–Crippen MR) is 547 cm³/mol. The van der Waals surface area contributed by atoms with E-state index < -0.39 is 8.07 Å². The number of anilines is 9. The average Bonchev–Trinajstić information content (AvgIpc) is 0.810. The molecule has 628 valence electrons. The first-order chi connectivity index (χ1) is 60.2. The summed E-state index contributed by atoms with van der Waals surface area (Å²) < 4.78 is 4.82. The molecule has 2 aromatic heterocycles. The Morgan fingerprint density at radius 3 is 0.910 bits per heavy atom. The number of aromatic nitrogens is 2. The molecule has 3 aliphatic rings. The number of benzene rings is 15. The molecule has 17 aromatic rings. The van der Waals surface area contributed by atoms with Crippen molar-refractivity contribution in [2.75, 3.05) is 14.7 Å². The van der Waals surface area contributed by atoms with Gasteiger partial charge in [0, 0.05) is 72.2 Å². The van der Waals surface area contributed by atoms with Gasteiger partial charge >= 0.3 is 0 Å². The molecule has 0 fully saturated rings. The van der Waals surface area contributed by atoms with E-state index in [9.17, 15) is 0 Å². The van der Waals surface area contributed by atoms with Crippen LogP contribution in [0, 0.1) is 0 Å². The molecule has 0 spiro atoms. The number of rotatable bonds is 7. The highest BCUT2D eigenvalue weighted by Gasteiger charge is 2.49. The molecule has 0 amide bonds. The normalized spacial score (nSPS) is 12.2. The Morgan fingerprint density at radius 2 is 0.492 bits per heavy atom. The third-order valence-electron chi connectivity index (χ3n) is 21.6. The van der Waals surface area contributed by atoms with Crippen LogP contribution in [0.4, 0.5) is 51.2 Å². The van der Waals surface area contributed by atoms with Gasteiger partial charge in [-0.3, -0.25) is 0 Å². The molecule has 3 aliphatic heterocycles. The van der Waals surface area contributed by atoms with Crippen molar-refractivity contribution in [1.82, 2.24) is 9.13 Å². The molecule has 0 radical (unpaired) electrons. The first-order valence-corrected chi connectivity index (χ1v) is 47.5. The fourth-order valence-corrected chi connectivity index (χ4v) is 22.2. The van der Waals surface area contributed by atoms with Gasteiger partial charge in [0.05, 0.1) is 44.8 Å². The maximum absolute atomic E-state index is 2.49. The molecular weight excluding hydrogens is 1490 g/mol. The van der Waals surface area contributed by atoms with Gasteiger partial charge in [-0.05, 0) is 158 Å². The zero-order valence-corrected chi connectivity index (χ0v) is 78.6. The Kier molecular flexibility index (Phi) is 36.1. The maximum atomic E-state index is 2.47. The topological polar surface area (TPSA) is 19.6 Å². The largest absolute Gasteiger partial charge is 0.311 e. The zero-order valence-electron chi connectivity index (χ0n) is 77.6. The van der Waals surface area contributed by atoms with Crippen molar-refractivity contribution in [2.24, 2.45) is 0 Å². The Hall–Kier alpha value is -12.5. The van der Waals surface area contributed by atoms with Crippen molar-refractivity contribution < 1.29 is 0 Å². The van der Waals surface area contributed by atoms with Crippen LogP contribution in [0.1, 0.15) is 188 Å². The van der Waals surface area contributed by atoms with Gasteiger partial charge in [-0.25, -0.2) is 0 Å². The standard InChI is InChI=1S/2C33H26N2.C30H23NSi.10C2H6/c1-33(2)27-18-10-12-20-30(27)35(24-15-7-4-8-16-24)32-21-26-25-17-9-11-19-29(25)34(31(26)22-28(32)33)23-13-5-3-6-14-23;1-33(2)26-18-10-12-20-29(26)35(24-15-7-4-8-16-24)32-27(33)21-22-30-31(32)25-17-9-11-19-28(25)34(30)23-13-5-3-6-14-23;1-4-14-24(15-5-1)31-27-20-10-12-22-29(27)32(25-16-6-2-7-17-25,26-18-8-3-9-19-26)30-23-13-11-21-28(30)31;10*1-2/h2*3-22H,1-2H3;1-23H;10*1-2H3. The number of hydrogen-bond acceptors (Lipinski definition) is 3. The summed E-state index contributed by atoms with van der Waals surface area (Å²) in [6.07, 6.45) is 0. The van der Waals surface area contributed by atoms with Gasteiger partial charge in [0.15, 0.2) is 8.07 Å². The summed E-state index contributed by atoms with van der Waals surface area (Å²) in [6.45, 7) is 49.4. The average molecular weight is 1630 g/mol. The van der Waals surface area contributed by atoms with Crippen LogP contribution in [-0.2, 0) is 10.8 Å². The van der Waals surface area contributed by atoms with Crippen molar-refractivity contribution in [2.45, 2.75) is 177 Å². The van der Waals surface area contributed by atoms with E-state index in [2.05, 4.69) is 434 Å². The summed E-state index contributed by atoms with van der Waals surface area (Å²) in [5.41, 5.74) is 23.6. The lowest BCUT2D eigenvalue weighted by Crippen LogP contribution is -2.77. The highest BCUT2D eigenvalue weighted by Crippen LogP contribution is 2.57. The maximum Gasteiger partial charge on any atom is 0.184 e. The van der Waals surface area contributed by atoms with Crippen LogP contribution in [-0.4, -0.2) is 17.2 Å². The summed E-state index contributed by atoms with van der Waals surface area (Å²) >= 11 is 0. The predicted octanol–water partition coefficient (Wildman–Crippen LogP) is 32.9. The van der Waals surface area contributed by atoms with Gasteiger partial charge in [0.2, 0.25) is 0 Å². The molecule has 0 bridgehead atoms. The van der Waals surface area contributed by atoms with Crippen LogP contribution >= 0.6 is 0 Å². The van der Waals surface area contributed by atoms with Gasteiger partial charge in [0.1, 0.15) is 0 Å². The Bertz CT molecular complexity index is 5860. The van der Waals surface area contributed by atoms with Crippen LogP contribution in [0.3, 0.4) is 0 Å². The van der Waals surface area contributed by atoms with E-state index in [0.717, 1.165) is 0 Å². The molecule has 0 N–H and O–H groups in total. The van der Waals surface area contributed by atoms with E-state index in [4.69, 9.17) is 0 Å². The molecule has 0 saturated heterocycles. The molecule has 122 heavy (non-hydrogen) atoms. The minimum atomic E-state index is -2.49. The first-order valence-electron chi connectivity index (χ1n) is 45.5. The van der Waals surface area contributed by atoms with Gasteiger partial charge < -0.3 is 23.8 Å². The summed E-state index contributed by atoms with van der Waals surface area (Å²) in [6, 6.07) is 139. The monoisotopic (exact) mass is 1630 g/mol. The van der Waals surface area contributed by atoms with Gasteiger partial charge in [-0.15, -0.1) is 0 Å². The molecule has 20 rings (SSSR count). The third kappa shape index (κ3) is 18.3. The third-order valence-corrected chi connectivity index (χ3v) is 26.5. The van der Waals surface area contributed by atoms with Gasteiger partial charge in [0.25, 0.3) is 0 Å². The molecule has 6 heteroatoms. The van der Waals surface area contributed by atoms with Crippen molar-refractivity contribution in [3.8, 4) is 11.4 Å². The highest BCUT2D eigenvalue weighted by molar-refractivity contribution is 7.21. The smallest absolute Gasteiger partial charge is 0.184 e. The van der Waals surface area contributed by atoms with E-state index in [-0.39, 0.29) is 10.8 Å². The molecule has 15 aromatic carbocycles. The molecule has 0 aliphatic carbocycles. The van der Waals surface area contributed by atoms with E-state index >= 15 is 0 Å². The number of fused-ring (bicyclic) bond motifs is 13. The zero-order chi connectivity index (χ0) is 88.5. The quantitative estimate of drug-likeness (QED) is 0.148. The second-order valence-corrected chi connectivity index (χ2v) is 31.7. The SMILES string of the molecule is CC.CC.CC.CC.CC.CC.CC.CC.CC.CC.CC1(C)c2ccccc2N(c2ccccc2)c2c1ccc1c2c2ccccc2n1-c1ccccc1.CC1(C)c2ccccc2N(c2ccccc2)c2cc3c4ccccc4n(-c4ccccc4)c3cc21.c1ccc(N2c3ccccc3[Si](c3ccccc3)(c3ccccc3)c3ccccc32)cc1. The lowest BCUT2D eigenvalue weighted by Gasteiger charge is -2.45. The summed E-state index contributed by atoms with van der Waals surface area (Å²) in [4.78, 5) is 7.34. The summed E-state index contributed by atoms with van der Waals surface area (Å²) in [5.74, 6) is 0. The van der Waals surface area contributed by atoms with Gasteiger partial charge in [-0.2, -0.15) is 0 Å². The summed E-state index contributed by atoms with van der Waals surface area (Å²) in [5, 5.41) is 10.8. The van der Waals surface area contributed by atoms with E-state index in [1.54, 1.807) is 0 Å². The van der Waals surface area contributed by atoms with Crippen molar-refractivity contribution >= 4 is 124 Å². The number of para-hydroxylation sites is 11. The van der Waals surface area contributed by atoms with Crippen molar-refractivity contribution in [1.29, 1.82) is 0 Å². The van der Waals surface area contributed by atoms with Gasteiger partial charge in [-0.1, -0.05) is 433 Å². The second kappa shape index (κ2) is 46.3. The molecule has 5 nitrogen and oxygen atoms in total. The lowest BCUT2D eigenvalue weighted by atomic mass is 9.73. The van der Waals surface area contributed by atoms with E-state index in [1.165, 1.54) is 149 Å². The Balaban J connectivity index is 0.000000206. The van der Waals surface area contributed by atoms with Crippen LogP contribution < -0.4 is 35.4 Å². The minimum absolute atomic E-state index is 0.124. The fraction of sp³-hybridized carbons (Fsp3) is 0.224. The van der Waals surface area contributed by atoms with Crippen LogP contribution in [0.15, 0.2) is 382 Å². The first kappa shape index (κ1) is 95.0. The molecule has 5 heterocycles. The fourth-order valence-electron chi connectivity index (χ4n) is 17.1. The van der Waals surface area contributed by atoms with Crippen LogP contribution in [0.5, 0.6) is 0 Å². The van der Waals surface area contributed by atoms with Crippen LogP contribution in [0.2, 0.25) is 0 Å². The molecule has 0 atom stereocenters. The number of hydrogen-bond donors (Lipinski definition) is 0. The van der Waals surface area contributed by atoms with Crippen LogP contribution in [0.25, 0.3) is 55.0 Å². The molecule has 0 saturated carbocycles. The second-order valence-electron chi connectivity index (χ2n) is 27.9. The summed E-state index contributed by atoms with van der Waals surface area (Å²) in [7, 11) is -2.49. The highest BCUT2D eigenvalue weighted by atomic mass is 28.3. The Labute approximate surface area is 735 Å². The van der Waals surface area contributed by atoms with Crippen molar-refractivity contribution in [3.05, 3.63) is 404 Å². The molecular formula is C116H135N5Si. The van der Waals surface area contributed by atoms with E-state index in [1.807, 2.05) is 138 Å². The van der Waals surface area contributed by atoms with Crippen molar-refractivity contribution in [3.63, 3.8) is 0 Å². The van der Waals surface area contributed by atoms with E-state index in [0.29, 0.717) is 0 Å². The molecule has 0 unspecified atom stereocenters. The number of nitrogens with zero attached hydrogens (tertiary/aromatic N) is 5. The lowest BCUT2D eigenvalue weighted by molar-refractivity contribution is 0.632. The minimum Gasteiger partial charge on any atom is -0.311 e.